The number of carbonyl (C=O) groups is 1. The molecule has 1 aliphatic carbocycles. The van der Waals surface area contributed by atoms with E-state index in [1.54, 1.807) is 6.07 Å². The Morgan fingerprint density at radius 1 is 0.886 bits per heavy atom. The molecule has 0 spiro atoms. The van der Waals surface area contributed by atoms with Crippen molar-refractivity contribution in [3.05, 3.63) is 101 Å². The van der Waals surface area contributed by atoms with Crippen LogP contribution < -0.4 is 4.90 Å². The molecule has 2 unspecified atom stereocenters. The van der Waals surface area contributed by atoms with E-state index in [-0.39, 0.29) is 6.42 Å². The molecule has 35 heavy (non-hydrogen) atoms. The van der Waals surface area contributed by atoms with Crippen molar-refractivity contribution >= 4 is 11.8 Å². The molecule has 3 aromatic carbocycles. The number of fused-ring (bicyclic) bond motifs is 2. The number of halogens is 2. The normalized spacial score (nSPS) is 21.7. The van der Waals surface area contributed by atoms with Crippen LogP contribution in [-0.4, -0.2) is 35.7 Å². The Hall–Kier alpha value is -3.25. The lowest BCUT2D eigenvalue weighted by Crippen LogP contribution is -2.47. The lowest BCUT2D eigenvalue weighted by molar-refractivity contribution is 0.105. The number of amides is 1. The van der Waals surface area contributed by atoms with Crippen LogP contribution in [0.15, 0.2) is 72.8 Å². The SMILES string of the molecule is O=C(O)N(CC1C2CCC1CN(Cc1ccccc1)C2)c1ccccc1Cc1cc(F)cc(F)c1. The summed E-state index contributed by atoms with van der Waals surface area (Å²) in [6.07, 6.45) is 1.52. The van der Waals surface area contributed by atoms with Crippen molar-refractivity contribution in [1.82, 2.24) is 4.90 Å². The Balaban J connectivity index is 1.33. The largest absolute Gasteiger partial charge is 0.465 e. The zero-order chi connectivity index (χ0) is 24.4. The fourth-order valence-corrected chi connectivity index (χ4v) is 6.05. The molecule has 1 amide bonds. The van der Waals surface area contributed by atoms with Crippen LogP contribution in [0.4, 0.5) is 19.3 Å². The third kappa shape index (κ3) is 5.38. The van der Waals surface area contributed by atoms with Crippen LogP contribution in [0.2, 0.25) is 0 Å². The number of hydrogen-bond acceptors (Lipinski definition) is 2. The molecular weight excluding hydrogens is 446 g/mol. The first-order valence-corrected chi connectivity index (χ1v) is 12.3. The van der Waals surface area contributed by atoms with Gasteiger partial charge in [-0.15, -0.1) is 0 Å². The number of para-hydroxylation sites is 1. The van der Waals surface area contributed by atoms with Gasteiger partial charge < -0.3 is 5.11 Å². The van der Waals surface area contributed by atoms with E-state index in [0.717, 1.165) is 44.1 Å². The van der Waals surface area contributed by atoms with E-state index < -0.39 is 17.7 Å². The third-order valence-corrected chi connectivity index (χ3v) is 7.58. The molecule has 1 saturated carbocycles. The van der Waals surface area contributed by atoms with E-state index in [2.05, 4.69) is 29.2 Å². The van der Waals surface area contributed by atoms with E-state index in [4.69, 9.17) is 0 Å². The molecule has 5 rings (SSSR count). The summed E-state index contributed by atoms with van der Waals surface area (Å²) in [4.78, 5) is 16.4. The maximum atomic E-state index is 13.7. The molecule has 2 fully saturated rings. The maximum absolute atomic E-state index is 13.7. The number of likely N-dealkylation sites (tertiary alicyclic amines) is 1. The zero-order valence-corrected chi connectivity index (χ0v) is 19.6. The molecule has 1 saturated heterocycles. The second kappa shape index (κ2) is 10.2. The monoisotopic (exact) mass is 476 g/mol. The van der Waals surface area contributed by atoms with Crippen LogP contribution in [0.1, 0.15) is 29.5 Å². The van der Waals surface area contributed by atoms with Gasteiger partial charge in [-0.2, -0.15) is 0 Å². The molecule has 1 N–H and O–H groups in total. The Labute approximate surface area is 204 Å². The molecule has 1 aliphatic heterocycles. The van der Waals surface area contributed by atoms with E-state index in [0.29, 0.717) is 35.5 Å². The predicted molar refractivity (Wildman–Crippen MR) is 132 cm³/mol. The topological polar surface area (TPSA) is 43.8 Å². The first-order chi connectivity index (χ1) is 17.0. The molecule has 0 aromatic heterocycles. The summed E-state index contributed by atoms with van der Waals surface area (Å²) < 4.78 is 27.5. The van der Waals surface area contributed by atoms with E-state index in [1.807, 2.05) is 24.3 Å². The molecule has 4 nitrogen and oxygen atoms in total. The minimum absolute atomic E-state index is 0.261. The molecule has 2 bridgehead atoms. The number of benzene rings is 3. The smallest absolute Gasteiger partial charge is 0.411 e. The van der Waals surface area contributed by atoms with E-state index >= 15 is 0 Å². The van der Waals surface area contributed by atoms with Gasteiger partial charge in [-0.05, 0) is 71.9 Å². The highest BCUT2D eigenvalue weighted by Gasteiger charge is 2.43. The summed E-state index contributed by atoms with van der Waals surface area (Å²) in [7, 11) is 0. The number of rotatable bonds is 7. The fraction of sp³-hybridized carbons (Fsp3) is 0.345. The summed E-state index contributed by atoms with van der Waals surface area (Å²) in [6, 6.07) is 21.2. The first-order valence-electron chi connectivity index (χ1n) is 12.3. The quantitative estimate of drug-likeness (QED) is 0.442. The highest BCUT2D eigenvalue weighted by molar-refractivity contribution is 5.87. The second-order valence-corrected chi connectivity index (χ2v) is 9.92. The minimum atomic E-state index is -0.992. The number of anilines is 1. The maximum Gasteiger partial charge on any atom is 0.411 e. The lowest BCUT2D eigenvalue weighted by Gasteiger charge is -2.40. The summed E-state index contributed by atoms with van der Waals surface area (Å²) in [5.41, 5.74) is 3.12. The summed E-state index contributed by atoms with van der Waals surface area (Å²) in [5, 5.41) is 10.2. The van der Waals surface area contributed by atoms with Crippen LogP contribution in [0.25, 0.3) is 0 Å². The van der Waals surface area contributed by atoms with Crippen LogP contribution in [-0.2, 0) is 13.0 Å². The van der Waals surface area contributed by atoms with Crippen molar-refractivity contribution in [2.45, 2.75) is 25.8 Å². The molecule has 3 aromatic rings. The van der Waals surface area contributed by atoms with Crippen molar-refractivity contribution in [2.24, 2.45) is 17.8 Å². The zero-order valence-electron chi connectivity index (χ0n) is 19.6. The van der Waals surface area contributed by atoms with E-state index in [9.17, 15) is 18.7 Å². The molecule has 2 atom stereocenters. The number of piperidine rings is 1. The van der Waals surface area contributed by atoms with Crippen molar-refractivity contribution in [1.29, 1.82) is 0 Å². The lowest BCUT2D eigenvalue weighted by atomic mass is 9.84. The van der Waals surface area contributed by atoms with Gasteiger partial charge in [0.25, 0.3) is 0 Å². The molecule has 6 heteroatoms. The van der Waals surface area contributed by atoms with E-state index in [1.165, 1.54) is 22.6 Å². The molecule has 1 heterocycles. The van der Waals surface area contributed by atoms with Gasteiger partial charge in [0.05, 0.1) is 5.69 Å². The van der Waals surface area contributed by atoms with Crippen LogP contribution >= 0.6 is 0 Å². The first kappa shape index (κ1) is 23.5. The number of hydrogen-bond donors (Lipinski definition) is 1. The van der Waals surface area contributed by atoms with Crippen LogP contribution in [0.5, 0.6) is 0 Å². The van der Waals surface area contributed by atoms with Crippen molar-refractivity contribution in [3.8, 4) is 0 Å². The molecular formula is C29H30F2N2O2. The Kier molecular flexibility index (Phi) is 6.82. The highest BCUT2D eigenvalue weighted by atomic mass is 19.1. The molecule has 2 aliphatic rings. The standard InChI is InChI=1S/C29H30F2N2O2/c30-25-13-21(14-26(31)15-25)12-22-8-4-5-9-28(22)33(29(34)35)19-27-23-10-11-24(27)18-32(17-23)16-20-6-2-1-3-7-20/h1-9,13-15,23-24,27H,10-12,16-19H2,(H,34,35). The Bertz CT molecular complexity index is 1150. The molecule has 182 valence electrons. The average Bonchev–Trinajstić information content (AvgIpc) is 3.05. The van der Waals surface area contributed by atoms with Crippen molar-refractivity contribution in [2.75, 3.05) is 24.5 Å². The van der Waals surface area contributed by atoms with Gasteiger partial charge in [-0.3, -0.25) is 9.80 Å². The number of carboxylic acid groups (broad SMARTS) is 1. The van der Waals surface area contributed by atoms with Gasteiger partial charge >= 0.3 is 6.09 Å². The summed E-state index contributed by atoms with van der Waals surface area (Å²) in [6.45, 7) is 3.33. The minimum Gasteiger partial charge on any atom is -0.465 e. The predicted octanol–water partition coefficient (Wildman–Crippen LogP) is 6.20. The van der Waals surface area contributed by atoms with Gasteiger partial charge in [0.2, 0.25) is 0 Å². The van der Waals surface area contributed by atoms with Crippen molar-refractivity contribution < 1.29 is 18.7 Å². The Morgan fingerprint density at radius 2 is 1.51 bits per heavy atom. The third-order valence-electron chi connectivity index (χ3n) is 7.58. The van der Waals surface area contributed by atoms with Crippen LogP contribution in [0.3, 0.4) is 0 Å². The Morgan fingerprint density at radius 3 is 2.17 bits per heavy atom. The summed E-state index contributed by atoms with van der Waals surface area (Å²) in [5.74, 6) is -0.0387. The highest BCUT2D eigenvalue weighted by Crippen LogP contribution is 2.43. The van der Waals surface area contributed by atoms with Gasteiger partial charge in [0.1, 0.15) is 11.6 Å². The van der Waals surface area contributed by atoms with Crippen molar-refractivity contribution in [3.63, 3.8) is 0 Å². The average molecular weight is 477 g/mol. The van der Waals surface area contributed by atoms with Crippen LogP contribution in [0, 0.1) is 29.4 Å². The fourth-order valence-electron chi connectivity index (χ4n) is 6.05. The van der Waals surface area contributed by atoms with Gasteiger partial charge in [0, 0.05) is 32.2 Å². The molecule has 0 radical (unpaired) electrons. The summed E-state index contributed by atoms with van der Waals surface area (Å²) >= 11 is 0. The van der Waals surface area contributed by atoms with Gasteiger partial charge in [-0.1, -0.05) is 48.5 Å². The van der Waals surface area contributed by atoms with Gasteiger partial charge in [0.15, 0.2) is 0 Å². The van der Waals surface area contributed by atoms with Gasteiger partial charge in [-0.25, -0.2) is 13.6 Å². The number of nitrogens with zero attached hydrogens (tertiary/aromatic N) is 2. The second-order valence-electron chi connectivity index (χ2n) is 9.92.